The predicted molar refractivity (Wildman–Crippen MR) is 200 cm³/mol. The van der Waals surface area contributed by atoms with Crippen molar-refractivity contribution in [2.24, 2.45) is 22.9 Å². The Kier molecular flexibility index (Phi) is 15.3. The molecule has 1 fully saturated rings. The van der Waals surface area contributed by atoms with Crippen LogP contribution in [-0.2, 0) is 25.7 Å². The third-order valence-electron chi connectivity index (χ3n) is 10.7. The number of benzene rings is 2. The summed E-state index contributed by atoms with van der Waals surface area (Å²) < 4.78 is 45.7. The molecule has 0 aromatic heterocycles. The average Bonchev–Trinajstić information content (AvgIpc) is 3.18. The summed E-state index contributed by atoms with van der Waals surface area (Å²) in [5, 5.41) is 33.5. The van der Waals surface area contributed by atoms with Crippen molar-refractivity contribution in [3.05, 3.63) is 83.7 Å². The largest absolute Gasteiger partial charge is 0.489 e. The van der Waals surface area contributed by atoms with Gasteiger partial charge >= 0.3 is 6.09 Å². The first kappa shape index (κ1) is 41.2. The maximum absolute atomic E-state index is 14.6. The molecule has 0 radical (unpaired) electrons. The number of nitrogens with zero attached hydrogens (tertiary/aromatic N) is 2. The number of aliphatic hydroxyl groups excluding tert-OH is 3. The van der Waals surface area contributed by atoms with E-state index in [0.29, 0.717) is 35.6 Å². The van der Waals surface area contributed by atoms with E-state index in [0.717, 1.165) is 36.8 Å². The Morgan fingerprint density at radius 2 is 1.83 bits per heavy atom. The molecule has 296 valence electrons. The quantitative estimate of drug-likeness (QED) is 0.0818. The van der Waals surface area contributed by atoms with Crippen LogP contribution in [0.2, 0.25) is 0 Å². The smallest absolute Gasteiger partial charge is 0.410 e. The highest BCUT2D eigenvalue weighted by Gasteiger charge is 2.65. The van der Waals surface area contributed by atoms with Crippen molar-refractivity contribution in [1.82, 2.24) is 4.90 Å². The van der Waals surface area contributed by atoms with E-state index in [9.17, 15) is 24.5 Å². The van der Waals surface area contributed by atoms with E-state index in [2.05, 4.69) is 17.8 Å². The number of carbonyl (C=O) groups excluding carboxylic acids is 1. The molecule has 5 rings (SSSR count). The van der Waals surface area contributed by atoms with Crippen LogP contribution in [0.5, 0.6) is 11.5 Å². The Morgan fingerprint density at radius 1 is 1.06 bits per heavy atom. The monoisotopic (exact) mass is 754 g/mol. The molecule has 1 saturated carbocycles. The number of amides is 1. The minimum absolute atomic E-state index is 0.0159. The fourth-order valence-corrected chi connectivity index (χ4v) is 8.45. The number of halogens is 1. The highest BCUT2D eigenvalue weighted by molar-refractivity contribution is 6.02. The molecule has 0 spiro atoms. The van der Waals surface area contributed by atoms with Crippen molar-refractivity contribution in [1.29, 1.82) is 0 Å². The molecular weight excluding hydrogens is 699 g/mol. The molecular formula is C41H55FN2O10. The van der Waals surface area contributed by atoms with Crippen LogP contribution in [0.4, 0.5) is 9.18 Å². The fraction of sp³-hybridized carbons (Fsp3) is 0.561. The first-order valence-corrected chi connectivity index (χ1v) is 18.9. The van der Waals surface area contributed by atoms with E-state index in [1.54, 1.807) is 35.2 Å². The Bertz CT molecular complexity index is 1600. The molecule has 54 heavy (non-hydrogen) atoms. The Hall–Kier alpha value is -4.01. The first-order chi connectivity index (χ1) is 26.4. The standard InChI is InChI=1S/C41H55FN2O10/c1-4-21-53-41-37(44(40(48)49-2)17-22-51-23-20-47)26-35(43-50-3)32-24-28(11-7-9-18-45)31(13-8-10-19-46)38(39(32)41)33-25-30(15-16-36(33)54-41)52-27-29-12-5-6-14-34(29)42/h4-6,12,14-16,24-25,28,31,37-39,45-47H,1,7-11,13,17-23,26-27H2,2-3H3. The number of methoxy groups -OCH3 is 1. The van der Waals surface area contributed by atoms with Crippen molar-refractivity contribution in [3.8, 4) is 11.5 Å². The SMILES string of the molecule is C=CCOC12Oc3ccc(OCc4ccccc4F)cc3C3C(CCCCO)C(CCCCO)C=C(C(=NOC)CC1N(CCOCCO)C(=O)OC)C32. The van der Waals surface area contributed by atoms with Gasteiger partial charge in [-0.15, -0.1) is 6.58 Å². The number of oxime groups is 1. The van der Waals surface area contributed by atoms with Crippen LogP contribution in [0.15, 0.2) is 71.9 Å². The highest BCUT2D eigenvalue weighted by atomic mass is 19.1. The summed E-state index contributed by atoms with van der Waals surface area (Å²) in [6.07, 6.45) is 7.91. The fourth-order valence-electron chi connectivity index (χ4n) is 8.45. The lowest BCUT2D eigenvalue weighted by atomic mass is 9.55. The third kappa shape index (κ3) is 9.09. The maximum Gasteiger partial charge on any atom is 0.410 e. The second-order valence-corrected chi connectivity index (χ2v) is 13.8. The lowest BCUT2D eigenvalue weighted by Crippen LogP contribution is -2.70. The lowest BCUT2D eigenvalue weighted by Gasteiger charge is -2.59. The van der Waals surface area contributed by atoms with Crippen LogP contribution in [-0.4, -0.2) is 104 Å². The molecule has 3 N–H and O–H groups in total. The molecule has 2 aromatic rings. The van der Waals surface area contributed by atoms with Gasteiger partial charge in [-0.2, -0.15) is 0 Å². The van der Waals surface area contributed by atoms with Crippen LogP contribution in [0, 0.1) is 23.6 Å². The number of rotatable bonds is 21. The molecule has 13 heteroatoms. The molecule has 2 aromatic carbocycles. The molecule has 3 aliphatic rings. The average molecular weight is 755 g/mol. The zero-order valence-electron chi connectivity index (χ0n) is 31.4. The Labute approximate surface area is 317 Å². The molecule has 1 amide bonds. The summed E-state index contributed by atoms with van der Waals surface area (Å²) in [5.74, 6) is -1.42. The van der Waals surface area contributed by atoms with E-state index in [1.807, 2.05) is 12.1 Å². The van der Waals surface area contributed by atoms with Crippen LogP contribution >= 0.6 is 0 Å². The lowest BCUT2D eigenvalue weighted by molar-refractivity contribution is -0.255. The topological polar surface area (TPSA) is 149 Å². The van der Waals surface area contributed by atoms with Gasteiger partial charge in [-0.25, -0.2) is 9.18 Å². The molecule has 12 nitrogen and oxygen atoms in total. The molecule has 6 unspecified atom stereocenters. The minimum atomic E-state index is -1.46. The van der Waals surface area contributed by atoms with Gasteiger partial charge in [0, 0.05) is 43.2 Å². The Balaban J connectivity index is 1.72. The van der Waals surface area contributed by atoms with Crippen molar-refractivity contribution in [2.45, 2.75) is 69.3 Å². The van der Waals surface area contributed by atoms with Crippen LogP contribution in [0.1, 0.15) is 62.0 Å². The van der Waals surface area contributed by atoms with Gasteiger partial charge in [0.1, 0.15) is 37.1 Å². The molecule has 0 bridgehead atoms. The zero-order chi connectivity index (χ0) is 38.5. The Morgan fingerprint density at radius 3 is 2.54 bits per heavy atom. The number of hydrogen-bond acceptors (Lipinski definition) is 11. The first-order valence-electron chi connectivity index (χ1n) is 18.9. The van der Waals surface area contributed by atoms with E-state index < -0.39 is 23.8 Å². The second-order valence-electron chi connectivity index (χ2n) is 13.8. The summed E-state index contributed by atoms with van der Waals surface area (Å²) in [7, 11) is 2.80. The van der Waals surface area contributed by atoms with Crippen molar-refractivity contribution in [3.63, 3.8) is 0 Å². The third-order valence-corrected chi connectivity index (χ3v) is 10.7. The van der Waals surface area contributed by atoms with Crippen LogP contribution < -0.4 is 9.47 Å². The number of unbranched alkanes of at least 4 members (excludes halogenated alkanes) is 2. The van der Waals surface area contributed by atoms with E-state index in [1.165, 1.54) is 20.3 Å². The maximum atomic E-state index is 14.6. The summed E-state index contributed by atoms with van der Waals surface area (Å²) in [4.78, 5) is 20.7. The zero-order valence-corrected chi connectivity index (χ0v) is 31.4. The van der Waals surface area contributed by atoms with Gasteiger partial charge in [-0.1, -0.05) is 48.3 Å². The van der Waals surface area contributed by atoms with Crippen LogP contribution in [0.25, 0.3) is 0 Å². The molecule has 0 saturated heterocycles. The number of carbonyl (C=O) groups is 1. The minimum Gasteiger partial charge on any atom is -0.489 e. The normalized spacial score (nSPS) is 24.8. The van der Waals surface area contributed by atoms with E-state index in [-0.39, 0.29) is 82.8 Å². The summed E-state index contributed by atoms with van der Waals surface area (Å²) in [6.45, 7) is 4.39. The second kappa shape index (κ2) is 20.1. The molecule has 6 atom stereocenters. The van der Waals surface area contributed by atoms with Gasteiger partial charge in [-0.3, -0.25) is 4.90 Å². The number of allylic oxidation sites excluding steroid dienone is 1. The van der Waals surface area contributed by atoms with Crippen molar-refractivity contribution < 1.29 is 53.0 Å². The van der Waals surface area contributed by atoms with E-state index in [4.69, 9.17) is 28.5 Å². The van der Waals surface area contributed by atoms with Gasteiger partial charge in [0.15, 0.2) is 0 Å². The summed E-state index contributed by atoms with van der Waals surface area (Å²) >= 11 is 0. The summed E-state index contributed by atoms with van der Waals surface area (Å²) in [5.41, 5.74) is 2.84. The van der Waals surface area contributed by atoms with Crippen LogP contribution in [0.3, 0.4) is 0 Å². The van der Waals surface area contributed by atoms with Gasteiger partial charge in [0.25, 0.3) is 0 Å². The number of ether oxygens (including phenoxy) is 5. The van der Waals surface area contributed by atoms with Gasteiger partial charge in [0.05, 0.1) is 45.2 Å². The number of fused-ring (bicyclic) bond motifs is 2. The highest BCUT2D eigenvalue weighted by Crippen LogP contribution is 2.62. The van der Waals surface area contributed by atoms with Gasteiger partial charge < -0.3 is 43.8 Å². The van der Waals surface area contributed by atoms with Crippen molar-refractivity contribution in [2.75, 3.05) is 60.4 Å². The number of hydrogen-bond donors (Lipinski definition) is 3. The van der Waals surface area contributed by atoms with Gasteiger partial charge in [-0.05, 0) is 67.4 Å². The number of aliphatic hydroxyl groups is 3. The van der Waals surface area contributed by atoms with E-state index >= 15 is 0 Å². The van der Waals surface area contributed by atoms with Crippen molar-refractivity contribution >= 4 is 11.8 Å². The summed E-state index contributed by atoms with van der Waals surface area (Å²) in [6, 6.07) is 11.3. The molecule has 1 aliphatic heterocycles. The molecule has 1 heterocycles. The predicted octanol–water partition coefficient (Wildman–Crippen LogP) is 5.75. The van der Waals surface area contributed by atoms with Gasteiger partial charge in [0.2, 0.25) is 5.79 Å². The molecule has 2 aliphatic carbocycles.